The van der Waals surface area contributed by atoms with Crippen LogP contribution in [-0.2, 0) is 6.54 Å². The van der Waals surface area contributed by atoms with Gasteiger partial charge in [-0.1, -0.05) is 29.8 Å². The fourth-order valence-corrected chi connectivity index (χ4v) is 1.83. The van der Waals surface area contributed by atoms with Crippen LogP contribution in [0.25, 0.3) is 0 Å². The fourth-order valence-electron chi connectivity index (χ4n) is 1.83. The number of rotatable bonds is 7. The second-order valence-electron chi connectivity index (χ2n) is 5.33. The molecule has 0 atom stereocenters. The summed E-state index contributed by atoms with van der Waals surface area (Å²) in [4.78, 5) is 10.8. The maximum absolute atomic E-state index is 4.45. The molecule has 0 spiro atoms. The molecular weight excluding hydrogens is 262 g/mol. The molecule has 1 aromatic heterocycles. The Kier molecular flexibility index (Phi) is 5.51. The van der Waals surface area contributed by atoms with Crippen LogP contribution in [0.5, 0.6) is 0 Å². The summed E-state index contributed by atoms with van der Waals surface area (Å²) in [6.45, 7) is 4.63. The molecule has 0 radical (unpaired) electrons. The molecule has 112 valence electrons. The molecule has 0 amide bonds. The summed E-state index contributed by atoms with van der Waals surface area (Å²) < 4.78 is 0. The number of nitrogens with zero attached hydrogens (tertiary/aromatic N) is 3. The third-order valence-corrected chi connectivity index (χ3v) is 3.09. The maximum atomic E-state index is 4.45. The van der Waals surface area contributed by atoms with Gasteiger partial charge in [-0.05, 0) is 32.6 Å². The number of hydrogen-bond acceptors (Lipinski definition) is 5. The standard InChI is InChI=1S/C16H23N5/c1-13-4-6-14(7-5-13)12-19-15-8-9-17-16(20-15)18-10-11-21(2)3/h4-9H,10-12H2,1-3H3,(H2,17,18,19,20). The minimum absolute atomic E-state index is 0.658. The van der Waals surface area contributed by atoms with Crippen molar-refractivity contribution in [2.24, 2.45) is 0 Å². The third kappa shape index (κ3) is 5.39. The second kappa shape index (κ2) is 7.59. The number of aromatic nitrogens is 2. The lowest BCUT2D eigenvalue weighted by Crippen LogP contribution is -2.21. The van der Waals surface area contributed by atoms with E-state index in [-0.39, 0.29) is 0 Å². The fraction of sp³-hybridized carbons (Fsp3) is 0.375. The van der Waals surface area contributed by atoms with Crippen LogP contribution in [-0.4, -0.2) is 42.1 Å². The molecule has 0 bridgehead atoms. The molecule has 2 aromatic rings. The van der Waals surface area contributed by atoms with Gasteiger partial charge in [-0.15, -0.1) is 0 Å². The van der Waals surface area contributed by atoms with Gasteiger partial charge in [-0.3, -0.25) is 0 Å². The Bertz CT molecular complexity index is 551. The first-order valence-corrected chi connectivity index (χ1v) is 7.14. The Labute approximate surface area is 126 Å². The smallest absolute Gasteiger partial charge is 0.224 e. The van der Waals surface area contributed by atoms with E-state index in [1.165, 1.54) is 11.1 Å². The van der Waals surface area contributed by atoms with Crippen molar-refractivity contribution in [3.63, 3.8) is 0 Å². The number of nitrogens with one attached hydrogen (secondary N) is 2. The van der Waals surface area contributed by atoms with Crippen molar-refractivity contribution in [3.8, 4) is 0 Å². The zero-order valence-electron chi connectivity index (χ0n) is 12.9. The summed E-state index contributed by atoms with van der Waals surface area (Å²) >= 11 is 0. The van der Waals surface area contributed by atoms with Crippen molar-refractivity contribution < 1.29 is 0 Å². The average Bonchev–Trinajstić information content (AvgIpc) is 2.47. The van der Waals surface area contributed by atoms with Crippen LogP contribution in [0.3, 0.4) is 0 Å². The van der Waals surface area contributed by atoms with E-state index in [2.05, 4.69) is 56.7 Å². The van der Waals surface area contributed by atoms with Crippen molar-refractivity contribution >= 4 is 11.8 Å². The number of likely N-dealkylation sites (N-methyl/N-ethyl adjacent to an activating group) is 1. The van der Waals surface area contributed by atoms with E-state index in [0.717, 1.165) is 25.5 Å². The molecule has 0 aliphatic heterocycles. The van der Waals surface area contributed by atoms with Crippen molar-refractivity contribution in [1.82, 2.24) is 14.9 Å². The molecule has 0 aliphatic rings. The van der Waals surface area contributed by atoms with Crippen molar-refractivity contribution in [3.05, 3.63) is 47.7 Å². The zero-order chi connectivity index (χ0) is 15.1. The zero-order valence-corrected chi connectivity index (χ0v) is 12.9. The monoisotopic (exact) mass is 285 g/mol. The van der Waals surface area contributed by atoms with Crippen LogP contribution >= 0.6 is 0 Å². The lowest BCUT2D eigenvalue weighted by atomic mass is 10.1. The Hall–Kier alpha value is -2.14. The molecule has 5 heteroatoms. The highest BCUT2D eigenvalue weighted by atomic mass is 15.2. The average molecular weight is 285 g/mol. The molecule has 2 N–H and O–H groups in total. The van der Waals surface area contributed by atoms with Gasteiger partial charge in [0.2, 0.25) is 5.95 Å². The van der Waals surface area contributed by atoms with Crippen LogP contribution in [0.2, 0.25) is 0 Å². The molecule has 1 aromatic carbocycles. The van der Waals surface area contributed by atoms with Gasteiger partial charge in [0, 0.05) is 25.8 Å². The maximum Gasteiger partial charge on any atom is 0.224 e. The van der Waals surface area contributed by atoms with Crippen LogP contribution in [0.1, 0.15) is 11.1 Å². The second-order valence-corrected chi connectivity index (χ2v) is 5.33. The normalized spacial score (nSPS) is 10.7. The molecule has 0 saturated heterocycles. The predicted octanol–water partition coefficient (Wildman–Crippen LogP) is 2.37. The van der Waals surface area contributed by atoms with Gasteiger partial charge in [0.15, 0.2) is 0 Å². The summed E-state index contributed by atoms with van der Waals surface area (Å²) in [6, 6.07) is 10.4. The van der Waals surface area contributed by atoms with E-state index in [0.29, 0.717) is 5.95 Å². The summed E-state index contributed by atoms with van der Waals surface area (Å²) in [5.41, 5.74) is 2.51. The first-order valence-electron chi connectivity index (χ1n) is 7.14. The minimum Gasteiger partial charge on any atom is -0.366 e. The van der Waals surface area contributed by atoms with E-state index in [1.54, 1.807) is 6.20 Å². The van der Waals surface area contributed by atoms with Crippen molar-refractivity contribution in [2.75, 3.05) is 37.8 Å². The molecule has 2 rings (SSSR count). The first-order chi connectivity index (χ1) is 10.1. The molecule has 1 heterocycles. The van der Waals surface area contributed by atoms with Gasteiger partial charge in [0.1, 0.15) is 5.82 Å². The molecular formula is C16H23N5. The van der Waals surface area contributed by atoms with Gasteiger partial charge < -0.3 is 15.5 Å². The first kappa shape index (κ1) is 15.3. The number of hydrogen-bond donors (Lipinski definition) is 2. The molecule has 21 heavy (non-hydrogen) atoms. The largest absolute Gasteiger partial charge is 0.366 e. The molecule has 0 aliphatic carbocycles. The van der Waals surface area contributed by atoms with Crippen LogP contribution in [0, 0.1) is 6.92 Å². The van der Waals surface area contributed by atoms with Crippen LogP contribution in [0.4, 0.5) is 11.8 Å². The summed E-state index contributed by atoms with van der Waals surface area (Å²) in [5.74, 6) is 1.49. The molecule has 0 fully saturated rings. The van der Waals surface area contributed by atoms with E-state index < -0.39 is 0 Å². The van der Waals surface area contributed by atoms with Crippen molar-refractivity contribution in [1.29, 1.82) is 0 Å². The Morgan fingerprint density at radius 2 is 1.81 bits per heavy atom. The number of anilines is 2. The Balaban J connectivity index is 1.87. The van der Waals surface area contributed by atoms with Gasteiger partial charge in [-0.25, -0.2) is 4.98 Å². The van der Waals surface area contributed by atoms with Crippen LogP contribution in [0.15, 0.2) is 36.5 Å². The number of aryl methyl sites for hydroxylation is 1. The van der Waals surface area contributed by atoms with Gasteiger partial charge in [0.25, 0.3) is 0 Å². The summed E-state index contributed by atoms with van der Waals surface area (Å²) in [5, 5.41) is 6.54. The highest BCUT2D eigenvalue weighted by molar-refractivity contribution is 5.40. The summed E-state index contributed by atoms with van der Waals surface area (Å²) in [6.07, 6.45) is 1.77. The number of benzene rings is 1. The molecule has 0 saturated carbocycles. The van der Waals surface area contributed by atoms with Crippen LogP contribution < -0.4 is 10.6 Å². The van der Waals surface area contributed by atoms with E-state index >= 15 is 0 Å². The molecule has 0 unspecified atom stereocenters. The topological polar surface area (TPSA) is 53.1 Å². The Morgan fingerprint density at radius 3 is 2.52 bits per heavy atom. The van der Waals surface area contributed by atoms with Gasteiger partial charge in [-0.2, -0.15) is 4.98 Å². The van der Waals surface area contributed by atoms with Crippen molar-refractivity contribution in [2.45, 2.75) is 13.5 Å². The van der Waals surface area contributed by atoms with Gasteiger partial charge in [0.05, 0.1) is 0 Å². The predicted molar refractivity (Wildman–Crippen MR) is 87.6 cm³/mol. The Morgan fingerprint density at radius 1 is 1.05 bits per heavy atom. The highest BCUT2D eigenvalue weighted by Crippen LogP contribution is 2.09. The SMILES string of the molecule is Cc1ccc(CNc2ccnc(NCCN(C)C)n2)cc1. The highest BCUT2D eigenvalue weighted by Gasteiger charge is 1.99. The van der Waals surface area contributed by atoms with E-state index in [9.17, 15) is 0 Å². The van der Waals surface area contributed by atoms with E-state index in [1.807, 2.05) is 20.2 Å². The lowest BCUT2D eigenvalue weighted by Gasteiger charge is -2.11. The quantitative estimate of drug-likeness (QED) is 0.818. The van der Waals surface area contributed by atoms with Gasteiger partial charge >= 0.3 is 0 Å². The third-order valence-electron chi connectivity index (χ3n) is 3.09. The van der Waals surface area contributed by atoms with E-state index in [4.69, 9.17) is 0 Å². The minimum atomic E-state index is 0.658. The summed E-state index contributed by atoms with van der Waals surface area (Å²) in [7, 11) is 4.09. The lowest BCUT2D eigenvalue weighted by molar-refractivity contribution is 0.425. The molecule has 5 nitrogen and oxygen atoms in total.